The molecule has 1 aromatic carbocycles. The summed E-state index contributed by atoms with van der Waals surface area (Å²) in [6, 6.07) is 7.74. The quantitative estimate of drug-likeness (QED) is 0.359. The van der Waals surface area contributed by atoms with Gasteiger partial charge in [-0.1, -0.05) is 18.6 Å². The summed E-state index contributed by atoms with van der Waals surface area (Å²) in [5.74, 6) is 1.89. The van der Waals surface area contributed by atoms with Crippen molar-refractivity contribution in [3.05, 3.63) is 29.8 Å². The van der Waals surface area contributed by atoms with Crippen LogP contribution in [0.1, 0.15) is 24.8 Å². The van der Waals surface area contributed by atoms with Crippen LogP contribution in [0.25, 0.3) is 0 Å². The minimum absolute atomic E-state index is 0. The number of aliphatic hydroxyl groups is 1. The van der Waals surface area contributed by atoms with E-state index in [1.165, 1.54) is 19.3 Å². The van der Waals surface area contributed by atoms with Crippen LogP contribution in [0.5, 0.6) is 5.75 Å². The number of halogens is 1. The molecule has 0 spiro atoms. The van der Waals surface area contributed by atoms with E-state index >= 15 is 0 Å². The van der Waals surface area contributed by atoms with Crippen molar-refractivity contribution in [2.24, 2.45) is 16.6 Å². The van der Waals surface area contributed by atoms with Crippen molar-refractivity contribution in [1.29, 1.82) is 0 Å². The summed E-state index contributed by atoms with van der Waals surface area (Å²) in [6.45, 7) is 3.34. The van der Waals surface area contributed by atoms with E-state index < -0.39 is 6.10 Å². The molecular formula is C16H26IN3O2. The first kappa shape index (κ1) is 19.0. The third kappa shape index (κ3) is 6.83. The monoisotopic (exact) mass is 419 g/mol. The minimum atomic E-state index is -0.658. The largest absolute Gasteiger partial charge is 0.491 e. The van der Waals surface area contributed by atoms with Crippen LogP contribution < -0.4 is 15.8 Å². The van der Waals surface area contributed by atoms with Gasteiger partial charge in [0, 0.05) is 6.54 Å². The molecule has 0 radical (unpaired) electrons. The van der Waals surface area contributed by atoms with Gasteiger partial charge in [0.1, 0.15) is 18.5 Å². The molecule has 4 N–H and O–H groups in total. The molecule has 0 saturated heterocycles. The Morgan fingerprint density at radius 1 is 1.50 bits per heavy atom. The third-order valence-electron chi connectivity index (χ3n) is 3.70. The summed E-state index contributed by atoms with van der Waals surface area (Å²) >= 11 is 0. The number of guanidine groups is 1. The fraction of sp³-hybridized carbons (Fsp3) is 0.562. The van der Waals surface area contributed by atoms with Gasteiger partial charge in [-0.3, -0.25) is 4.99 Å². The van der Waals surface area contributed by atoms with Crippen molar-refractivity contribution in [2.45, 2.75) is 32.3 Å². The number of aliphatic imine (C=N–C) groups is 1. The zero-order valence-corrected chi connectivity index (χ0v) is 15.3. The number of nitrogens with zero attached hydrogens (tertiary/aromatic N) is 1. The highest BCUT2D eigenvalue weighted by molar-refractivity contribution is 14.0. The molecule has 0 amide bonds. The zero-order valence-electron chi connectivity index (χ0n) is 13.0. The van der Waals surface area contributed by atoms with Gasteiger partial charge in [0.25, 0.3) is 0 Å². The molecule has 1 fully saturated rings. The molecular weight excluding hydrogens is 393 g/mol. The summed E-state index contributed by atoms with van der Waals surface area (Å²) in [6.07, 6.45) is 3.20. The summed E-state index contributed by atoms with van der Waals surface area (Å²) in [4.78, 5) is 4.14. The van der Waals surface area contributed by atoms with Crippen LogP contribution in [0.4, 0.5) is 0 Å². The molecule has 1 unspecified atom stereocenters. The maximum absolute atomic E-state index is 9.85. The predicted octanol–water partition coefficient (Wildman–Crippen LogP) is 2.06. The molecule has 1 aliphatic carbocycles. The van der Waals surface area contributed by atoms with E-state index in [9.17, 15) is 5.11 Å². The number of nitrogens with one attached hydrogen (secondary N) is 1. The van der Waals surface area contributed by atoms with Crippen LogP contribution in [0.15, 0.2) is 29.3 Å². The van der Waals surface area contributed by atoms with E-state index in [1.54, 1.807) is 0 Å². The van der Waals surface area contributed by atoms with Gasteiger partial charge >= 0.3 is 0 Å². The second-order valence-corrected chi connectivity index (χ2v) is 5.69. The van der Waals surface area contributed by atoms with Gasteiger partial charge in [-0.2, -0.15) is 0 Å². The highest BCUT2D eigenvalue weighted by atomic mass is 127. The second kappa shape index (κ2) is 9.89. The Labute approximate surface area is 149 Å². The Morgan fingerprint density at radius 2 is 2.27 bits per heavy atom. The highest BCUT2D eigenvalue weighted by Crippen LogP contribution is 2.24. The topological polar surface area (TPSA) is 79.9 Å². The summed E-state index contributed by atoms with van der Waals surface area (Å²) < 4.78 is 5.53. The fourth-order valence-corrected chi connectivity index (χ4v) is 2.16. The molecule has 5 nitrogen and oxygen atoms in total. The molecule has 0 aliphatic heterocycles. The van der Waals surface area contributed by atoms with Crippen molar-refractivity contribution in [1.82, 2.24) is 5.32 Å². The number of ether oxygens (including phenoxy) is 1. The van der Waals surface area contributed by atoms with Crippen molar-refractivity contribution < 1.29 is 9.84 Å². The molecule has 2 rings (SSSR count). The predicted molar refractivity (Wildman–Crippen MR) is 99.9 cm³/mol. The average molecular weight is 419 g/mol. The van der Waals surface area contributed by atoms with Gasteiger partial charge in [-0.25, -0.2) is 0 Å². The molecule has 0 aromatic heterocycles. The SMILES string of the molecule is Cc1cccc(OCC(O)CN=C(N)NCC2CCC2)c1.I. The average Bonchev–Trinajstić information content (AvgIpc) is 2.41. The maximum atomic E-state index is 9.85. The van der Waals surface area contributed by atoms with Gasteiger partial charge < -0.3 is 20.9 Å². The first-order valence-electron chi connectivity index (χ1n) is 7.55. The molecule has 1 aromatic rings. The van der Waals surface area contributed by atoms with Crippen LogP contribution in [0.3, 0.4) is 0 Å². The van der Waals surface area contributed by atoms with E-state index in [0.29, 0.717) is 5.96 Å². The van der Waals surface area contributed by atoms with Crippen LogP contribution in [0, 0.1) is 12.8 Å². The van der Waals surface area contributed by atoms with Crippen molar-refractivity contribution >= 4 is 29.9 Å². The molecule has 1 aliphatic rings. The lowest BCUT2D eigenvalue weighted by Crippen LogP contribution is -2.38. The molecule has 1 atom stereocenters. The Hall–Kier alpha value is -1.02. The zero-order chi connectivity index (χ0) is 15.1. The normalized spacial score (nSPS) is 16.4. The molecule has 0 heterocycles. The smallest absolute Gasteiger partial charge is 0.188 e. The fourth-order valence-electron chi connectivity index (χ4n) is 2.16. The van der Waals surface area contributed by atoms with E-state index in [0.717, 1.165) is 23.8 Å². The number of hydrogen-bond donors (Lipinski definition) is 3. The van der Waals surface area contributed by atoms with E-state index in [1.807, 2.05) is 31.2 Å². The number of aryl methyl sites for hydroxylation is 1. The standard InChI is InChI=1S/C16H25N3O2.HI/c1-12-4-2-7-15(8-12)21-11-14(20)10-19-16(17)18-9-13-5-3-6-13;/h2,4,7-8,13-14,20H,3,5-6,9-11H2,1H3,(H3,17,18,19);1H. The van der Waals surface area contributed by atoms with E-state index in [4.69, 9.17) is 10.5 Å². The number of hydrogen-bond acceptors (Lipinski definition) is 3. The maximum Gasteiger partial charge on any atom is 0.188 e. The number of rotatable bonds is 7. The number of aliphatic hydroxyl groups excluding tert-OH is 1. The molecule has 1 saturated carbocycles. The van der Waals surface area contributed by atoms with Crippen molar-refractivity contribution in [2.75, 3.05) is 19.7 Å². The van der Waals surface area contributed by atoms with E-state index in [-0.39, 0.29) is 37.1 Å². The summed E-state index contributed by atoms with van der Waals surface area (Å²) in [7, 11) is 0. The van der Waals surface area contributed by atoms with E-state index in [2.05, 4.69) is 10.3 Å². The van der Waals surface area contributed by atoms with Crippen molar-refractivity contribution in [3.8, 4) is 5.75 Å². The Kier molecular flexibility index (Phi) is 8.55. The third-order valence-corrected chi connectivity index (χ3v) is 3.70. The van der Waals surface area contributed by atoms with Gasteiger partial charge in [-0.15, -0.1) is 24.0 Å². The minimum Gasteiger partial charge on any atom is -0.491 e. The van der Waals surface area contributed by atoms with Crippen LogP contribution >= 0.6 is 24.0 Å². The molecule has 6 heteroatoms. The molecule has 124 valence electrons. The Balaban J connectivity index is 0.00000242. The summed E-state index contributed by atoms with van der Waals surface area (Å²) in [5.41, 5.74) is 6.89. The molecule has 22 heavy (non-hydrogen) atoms. The van der Waals surface area contributed by atoms with Gasteiger partial charge in [0.05, 0.1) is 6.54 Å². The van der Waals surface area contributed by atoms with Crippen LogP contribution in [-0.2, 0) is 0 Å². The first-order valence-corrected chi connectivity index (χ1v) is 7.55. The molecule has 0 bridgehead atoms. The lowest BCUT2D eigenvalue weighted by molar-refractivity contribution is 0.114. The van der Waals surface area contributed by atoms with Crippen LogP contribution in [0.2, 0.25) is 0 Å². The second-order valence-electron chi connectivity index (χ2n) is 5.69. The first-order chi connectivity index (χ1) is 10.1. The van der Waals surface area contributed by atoms with Gasteiger partial charge in [-0.05, 0) is 43.4 Å². The van der Waals surface area contributed by atoms with Gasteiger partial charge in [0.2, 0.25) is 0 Å². The Bertz CT molecular complexity index is 478. The van der Waals surface area contributed by atoms with Crippen molar-refractivity contribution in [3.63, 3.8) is 0 Å². The number of nitrogens with two attached hydrogens (primary N) is 1. The summed E-state index contributed by atoms with van der Waals surface area (Å²) in [5, 5.41) is 12.9. The highest BCUT2D eigenvalue weighted by Gasteiger charge is 2.16. The lowest BCUT2D eigenvalue weighted by Gasteiger charge is -2.25. The van der Waals surface area contributed by atoms with Crippen LogP contribution in [-0.4, -0.2) is 36.9 Å². The lowest BCUT2D eigenvalue weighted by atomic mass is 9.85. The van der Waals surface area contributed by atoms with Gasteiger partial charge in [0.15, 0.2) is 5.96 Å². The Morgan fingerprint density at radius 3 is 2.91 bits per heavy atom. The number of benzene rings is 1.